The second-order valence-electron chi connectivity index (χ2n) is 2.84. The molecule has 2 unspecified atom stereocenters. The van der Waals surface area contributed by atoms with Crippen molar-refractivity contribution in [1.82, 2.24) is 4.90 Å². The molecule has 0 aliphatic carbocycles. The number of carbonyl (C=O) groups excluding carboxylic acids is 1. The molecule has 0 N–H and O–H groups in total. The first kappa shape index (κ1) is 11.3. The molecule has 1 amide bonds. The average molecular weight is 186 g/mol. The standard InChI is InChI=1S/C8H14N2OS/c1-6(4-5-9)10(3)8(11)7(2)12/h6-7,12H,4H2,1-3H3. The summed E-state index contributed by atoms with van der Waals surface area (Å²) >= 11 is 4.02. The molecule has 0 aromatic rings. The maximum Gasteiger partial charge on any atom is 0.235 e. The molecule has 0 bridgehead atoms. The molecule has 0 rings (SSSR count). The maximum atomic E-state index is 11.3. The zero-order valence-corrected chi connectivity index (χ0v) is 8.51. The number of thiol groups is 1. The fraction of sp³-hybridized carbons (Fsp3) is 0.750. The van der Waals surface area contributed by atoms with Gasteiger partial charge in [-0.25, -0.2) is 0 Å². The Hall–Kier alpha value is -0.690. The summed E-state index contributed by atoms with van der Waals surface area (Å²) in [5.74, 6) is -0.0407. The monoisotopic (exact) mass is 186 g/mol. The van der Waals surface area contributed by atoms with Crippen molar-refractivity contribution in [2.24, 2.45) is 0 Å². The van der Waals surface area contributed by atoms with Crippen LogP contribution in [0.2, 0.25) is 0 Å². The van der Waals surface area contributed by atoms with E-state index in [1.54, 1.807) is 18.9 Å². The largest absolute Gasteiger partial charge is 0.341 e. The number of carbonyl (C=O) groups is 1. The molecule has 0 fully saturated rings. The van der Waals surface area contributed by atoms with E-state index in [1.807, 2.05) is 13.0 Å². The van der Waals surface area contributed by atoms with Crippen LogP contribution in [0.5, 0.6) is 0 Å². The Bertz CT molecular complexity index is 198. The third-order valence-electron chi connectivity index (χ3n) is 1.75. The molecule has 0 saturated carbocycles. The summed E-state index contributed by atoms with van der Waals surface area (Å²) in [6.45, 7) is 3.57. The summed E-state index contributed by atoms with van der Waals surface area (Å²) in [5.41, 5.74) is 0. The van der Waals surface area contributed by atoms with Gasteiger partial charge in [0.1, 0.15) is 0 Å². The van der Waals surface area contributed by atoms with Crippen molar-refractivity contribution in [3.05, 3.63) is 0 Å². The van der Waals surface area contributed by atoms with E-state index in [0.29, 0.717) is 6.42 Å². The quantitative estimate of drug-likeness (QED) is 0.670. The average Bonchev–Trinajstić information content (AvgIpc) is 2.02. The molecule has 68 valence electrons. The molecule has 0 spiro atoms. The summed E-state index contributed by atoms with van der Waals surface area (Å²) in [6.07, 6.45) is 0.364. The van der Waals surface area contributed by atoms with Crippen molar-refractivity contribution in [2.75, 3.05) is 7.05 Å². The fourth-order valence-corrected chi connectivity index (χ4v) is 0.963. The van der Waals surface area contributed by atoms with Gasteiger partial charge in [-0.05, 0) is 13.8 Å². The number of amides is 1. The number of rotatable bonds is 3. The topological polar surface area (TPSA) is 44.1 Å². The van der Waals surface area contributed by atoms with Crippen molar-refractivity contribution < 1.29 is 4.79 Å². The van der Waals surface area contributed by atoms with Crippen LogP contribution in [0.25, 0.3) is 0 Å². The smallest absolute Gasteiger partial charge is 0.235 e. The van der Waals surface area contributed by atoms with Gasteiger partial charge in [-0.1, -0.05) is 0 Å². The summed E-state index contributed by atoms with van der Waals surface area (Å²) in [5, 5.41) is 8.10. The molecule has 0 aliphatic heterocycles. The van der Waals surface area contributed by atoms with Crippen molar-refractivity contribution >= 4 is 18.5 Å². The van der Waals surface area contributed by atoms with Crippen LogP contribution in [0, 0.1) is 11.3 Å². The molecule has 12 heavy (non-hydrogen) atoms. The zero-order valence-electron chi connectivity index (χ0n) is 7.61. The molecule has 0 radical (unpaired) electrons. The molecular weight excluding hydrogens is 172 g/mol. The fourth-order valence-electron chi connectivity index (χ4n) is 0.781. The van der Waals surface area contributed by atoms with Crippen molar-refractivity contribution in [2.45, 2.75) is 31.6 Å². The Morgan fingerprint density at radius 3 is 2.50 bits per heavy atom. The first-order valence-corrected chi connectivity index (χ1v) is 4.34. The van der Waals surface area contributed by atoms with Crippen molar-refractivity contribution in [3.63, 3.8) is 0 Å². The number of hydrogen-bond donors (Lipinski definition) is 1. The van der Waals surface area contributed by atoms with Gasteiger partial charge in [-0.2, -0.15) is 17.9 Å². The number of nitriles is 1. The minimum absolute atomic E-state index is 0.0305. The van der Waals surface area contributed by atoms with Gasteiger partial charge >= 0.3 is 0 Å². The maximum absolute atomic E-state index is 11.3. The second kappa shape index (κ2) is 5.04. The Balaban J connectivity index is 4.11. The lowest BCUT2D eigenvalue weighted by Crippen LogP contribution is -2.38. The van der Waals surface area contributed by atoms with Gasteiger partial charge < -0.3 is 4.90 Å². The third kappa shape index (κ3) is 3.14. The van der Waals surface area contributed by atoms with Crippen LogP contribution < -0.4 is 0 Å². The molecule has 0 saturated heterocycles. The summed E-state index contributed by atoms with van der Waals surface area (Å²) in [6, 6.07) is 1.99. The van der Waals surface area contributed by atoms with E-state index < -0.39 is 0 Å². The molecule has 4 heteroatoms. The van der Waals surface area contributed by atoms with E-state index in [1.165, 1.54) is 0 Å². The molecule has 0 aromatic heterocycles. The Morgan fingerprint density at radius 1 is 1.67 bits per heavy atom. The first-order chi connectivity index (χ1) is 5.50. The minimum Gasteiger partial charge on any atom is -0.341 e. The molecule has 0 heterocycles. The highest BCUT2D eigenvalue weighted by Crippen LogP contribution is 2.05. The molecule has 3 nitrogen and oxygen atoms in total. The summed E-state index contributed by atoms with van der Waals surface area (Å²) < 4.78 is 0. The molecular formula is C8H14N2OS. The lowest BCUT2D eigenvalue weighted by molar-refractivity contribution is -0.130. The minimum atomic E-state index is -0.295. The zero-order chi connectivity index (χ0) is 9.72. The van der Waals surface area contributed by atoms with Crippen LogP contribution in [-0.4, -0.2) is 29.1 Å². The van der Waals surface area contributed by atoms with Gasteiger partial charge in [-0.3, -0.25) is 4.79 Å². The van der Waals surface area contributed by atoms with Gasteiger partial charge in [-0.15, -0.1) is 0 Å². The second-order valence-corrected chi connectivity index (χ2v) is 3.61. The first-order valence-electron chi connectivity index (χ1n) is 3.82. The SMILES string of the molecule is CC(S)C(=O)N(C)C(C)CC#N. The van der Waals surface area contributed by atoms with E-state index in [-0.39, 0.29) is 17.2 Å². The van der Waals surface area contributed by atoms with Gasteiger partial charge in [0.15, 0.2) is 0 Å². The highest BCUT2D eigenvalue weighted by Gasteiger charge is 2.18. The molecule has 0 aliphatic rings. The van der Waals surface area contributed by atoms with Crippen LogP contribution in [0.15, 0.2) is 0 Å². The molecule has 2 atom stereocenters. The van der Waals surface area contributed by atoms with Crippen LogP contribution >= 0.6 is 12.6 Å². The third-order valence-corrected chi connectivity index (χ3v) is 1.97. The normalized spacial score (nSPS) is 14.6. The van der Waals surface area contributed by atoms with Crippen molar-refractivity contribution in [1.29, 1.82) is 5.26 Å². The predicted molar refractivity (Wildman–Crippen MR) is 50.9 cm³/mol. The summed E-state index contributed by atoms with van der Waals surface area (Å²) in [7, 11) is 1.69. The van der Waals surface area contributed by atoms with Gasteiger partial charge in [0, 0.05) is 13.1 Å². The van der Waals surface area contributed by atoms with Gasteiger partial charge in [0.25, 0.3) is 0 Å². The van der Waals surface area contributed by atoms with E-state index in [4.69, 9.17) is 5.26 Å². The number of nitrogens with zero attached hydrogens (tertiary/aromatic N) is 2. The van der Waals surface area contributed by atoms with E-state index >= 15 is 0 Å². The van der Waals surface area contributed by atoms with E-state index in [2.05, 4.69) is 12.6 Å². The van der Waals surface area contributed by atoms with E-state index in [9.17, 15) is 4.79 Å². The Kier molecular flexibility index (Phi) is 4.75. The lowest BCUT2D eigenvalue weighted by atomic mass is 10.2. The van der Waals surface area contributed by atoms with Crippen LogP contribution in [-0.2, 0) is 4.79 Å². The highest BCUT2D eigenvalue weighted by molar-refractivity contribution is 7.81. The van der Waals surface area contributed by atoms with Crippen molar-refractivity contribution in [3.8, 4) is 6.07 Å². The van der Waals surface area contributed by atoms with E-state index in [0.717, 1.165) is 0 Å². The van der Waals surface area contributed by atoms with Crippen LogP contribution in [0.1, 0.15) is 20.3 Å². The Morgan fingerprint density at radius 2 is 2.17 bits per heavy atom. The lowest BCUT2D eigenvalue weighted by Gasteiger charge is -2.24. The highest BCUT2D eigenvalue weighted by atomic mass is 32.1. The van der Waals surface area contributed by atoms with Gasteiger partial charge in [0.2, 0.25) is 5.91 Å². The number of hydrogen-bond acceptors (Lipinski definition) is 3. The predicted octanol–water partition coefficient (Wildman–Crippen LogP) is 1.07. The molecule has 0 aromatic carbocycles. The van der Waals surface area contributed by atoms with Crippen LogP contribution in [0.3, 0.4) is 0 Å². The van der Waals surface area contributed by atoms with Crippen LogP contribution in [0.4, 0.5) is 0 Å². The summed E-state index contributed by atoms with van der Waals surface area (Å²) in [4.78, 5) is 12.9. The van der Waals surface area contributed by atoms with Gasteiger partial charge in [0.05, 0.1) is 17.7 Å². The Labute approximate surface area is 78.8 Å².